The first-order valence-electron chi connectivity index (χ1n) is 7.65. The van der Waals surface area contributed by atoms with Gasteiger partial charge in [0.15, 0.2) is 0 Å². The normalized spacial score (nSPS) is 18.8. The molecule has 5 heteroatoms. The maximum absolute atomic E-state index is 13.3. The number of halogens is 1. The molecule has 0 aromatic heterocycles. The van der Waals surface area contributed by atoms with E-state index in [0.29, 0.717) is 19.6 Å². The van der Waals surface area contributed by atoms with E-state index in [0.717, 1.165) is 43.6 Å². The number of hydrogen-bond donors (Lipinski definition) is 1. The van der Waals surface area contributed by atoms with Gasteiger partial charge in [-0.1, -0.05) is 6.07 Å². The molecule has 1 saturated heterocycles. The van der Waals surface area contributed by atoms with Crippen molar-refractivity contribution in [1.29, 1.82) is 0 Å². The van der Waals surface area contributed by atoms with Crippen LogP contribution in [0.15, 0.2) is 18.2 Å². The molecule has 0 aliphatic carbocycles. The summed E-state index contributed by atoms with van der Waals surface area (Å²) in [5, 5.41) is 3.28. The first-order chi connectivity index (χ1) is 10.2. The average Bonchev–Trinajstić information content (AvgIpc) is 2.91. The summed E-state index contributed by atoms with van der Waals surface area (Å²) in [6.45, 7) is 3.06. The third-order valence-corrected chi connectivity index (χ3v) is 4.20. The zero-order valence-corrected chi connectivity index (χ0v) is 12.1. The molecule has 3 rings (SSSR count). The Morgan fingerprint density at radius 3 is 3.00 bits per heavy atom. The number of hydrogen-bond acceptors (Lipinski definition) is 3. The maximum Gasteiger partial charge on any atom is 0.229 e. The van der Waals surface area contributed by atoms with Crippen molar-refractivity contribution in [3.63, 3.8) is 0 Å². The second-order valence-corrected chi connectivity index (χ2v) is 5.64. The van der Waals surface area contributed by atoms with Gasteiger partial charge in [-0.05, 0) is 50.0 Å². The van der Waals surface area contributed by atoms with Gasteiger partial charge in [-0.2, -0.15) is 0 Å². The van der Waals surface area contributed by atoms with Gasteiger partial charge in [0.2, 0.25) is 5.91 Å². The lowest BCUT2D eigenvalue weighted by Crippen LogP contribution is -2.34. The molecule has 0 saturated carbocycles. The molecule has 2 aliphatic heterocycles. The molecule has 1 fully saturated rings. The molecule has 1 aromatic carbocycles. The number of benzene rings is 1. The van der Waals surface area contributed by atoms with Crippen LogP contribution in [0.2, 0.25) is 0 Å². The lowest BCUT2D eigenvalue weighted by atomic mass is 10.1. The van der Waals surface area contributed by atoms with Gasteiger partial charge < -0.3 is 15.0 Å². The van der Waals surface area contributed by atoms with Crippen molar-refractivity contribution in [3.8, 4) is 0 Å². The number of anilines is 1. The highest BCUT2D eigenvalue weighted by Gasteiger charge is 2.25. The second kappa shape index (κ2) is 6.54. The fraction of sp³-hybridized carbons (Fsp3) is 0.562. The van der Waals surface area contributed by atoms with Crippen LogP contribution in [0.1, 0.15) is 24.8 Å². The zero-order valence-electron chi connectivity index (χ0n) is 12.1. The van der Waals surface area contributed by atoms with Crippen molar-refractivity contribution < 1.29 is 13.9 Å². The number of carbonyl (C=O) groups excluding carboxylic acids is 1. The van der Waals surface area contributed by atoms with Gasteiger partial charge in [0.05, 0.1) is 19.1 Å². The smallest absolute Gasteiger partial charge is 0.229 e. The molecule has 1 N–H and O–H groups in total. The van der Waals surface area contributed by atoms with Crippen LogP contribution in [0, 0.1) is 5.82 Å². The van der Waals surface area contributed by atoms with Gasteiger partial charge >= 0.3 is 0 Å². The quantitative estimate of drug-likeness (QED) is 0.921. The van der Waals surface area contributed by atoms with Gasteiger partial charge in [-0.25, -0.2) is 4.39 Å². The van der Waals surface area contributed by atoms with E-state index in [1.165, 1.54) is 12.1 Å². The van der Waals surface area contributed by atoms with E-state index in [4.69, 9.17) is 4.74 Å². The Morgan fingerprint density at radius 2 is 2.19 bits per heavy atom. The molecular weight excluding hydrogens is 271 g/mol. The van der Waals surface area contributed by atoms with Crippen LogP contribution in [0.5, 0.6) is 0 Å². The summed E-state index contributed by atoms with van der Waals surface area (Å²) in [5.41, 5.74) is 1.77. The molecule has 0 unspecified atom stereocenters. The number of ether oxygens (including phenoxy) is 1. The van der Waals surface area contributed by atoms with Gasteiger partial charge in [-0.15, -0.1) is 0 Å². The van der Waals surface area contributed by atoms with Crippen molar-refractivity contribution in [2.24, 2.45) is 0 Å². The van der Waals surface area contributed by atoms with E-state index >= 15 is 0 Å². The van der Waals surface area contributed by atoms with Crippen LogP contribution in [0.25, 0.3) is 0 Å². The third-order valence-electron chi connectivity index (χ3n) is 4.20. The van der Waals surface area contributed by atoms with Crippen LogP contribution in [0.3, 0.4) is 0 Å². The molecule has 21 heavy (non-hydrogen) atoms. The number of nitrogens with zero attached hydrogens (tertiary/aromatic N) is 1. The van der Waals surface area contributed by atoms with Crippen molar-refractivity contribution in [1.82, 2.24) is 5.32 Å². The fourth-order valence-corrected chi connectivity index (χ4v) is 3.02. The molecule has 0 radical (unpaired) electrons. The van der Waals surface area contributed by atoms with Crippen LogP contribution < -0.4 is 10.2 Å². The summed E-state index contributed by atoms with van der Waals surface area (Å²) in [5.74, 6) is -0.271. The molecule has 0 bridgehead atoms. The lowest BCUT2D eigenvalue weighted by Gasteiger charge is -2.23. The van der Waals surface area contributed by atoms with Crippen LogP contribution in [-0.4, -0.2) is 38.3 Å². The number of amides is 1. The first kappa shape index (κ1) is 14.5. The van der Waals surface area contributed by atoms with Crippen LogP contribution in [0.4, 0.5) is 10.1 Å². The molecule has 1 amide bonds. The Kier molecular flexibility index (Phi) is 4.51. The van der Waals surface area contributed by atoms with Gasteiger partial charge in [0, 0.05) is 12.2 Å². The van der Waals surface area contributed by atoms with Crippen molar-refractivity contribution in [2.45, 2.75) is 31.8 Å². The van der Waals surface area contributed by atoms with E-state index in [1.807, 2.05) is 0 Å². The van der Waals surface area contributed by atoms with Gasteiger partial charge in [0.25, 0.3) is 0 Å². The Hall–Kier alpha value is -1.46. The van der Waals surface area contributed by atoms with Crippen molar-refractivity contribution >= 4 is 11.6 Å². The number of nitrogens with one attached hydrogen (secondary N) is 1. The van der Waals surface area contributed by atoms with E-state index < -0.39 is 0 Å². The summed E-state index contributed by atoms with van der Waals surface area (Å²) in [4.78, 5) is 14.0. The maximum atomic E-state index is 13.3. The SMILES string of the molecule is O=C(CCOC1CCNCC1)N1CCc2ccc(F)cc21. The van der Waals surface area contributed by atoms with Crippen molar-refractivity contribution in [2.75, 3.05) is 31.1 Å². The number of carbonyl (C=O) groups is 1. The van der Waals surface area contributed by atoms with Crippen LogP contribution >= 0.6 is 0 Å². The number of piperidine rings is 1. The van der Waals surface area contributed by atoms with Crippen molar-refractivity contribution in [3.05, 3.63) is 29.6 Å². The molecule has 0 spiro atoms. The Morgan fingerprint density at radius 1 is 1.38 bits per heavy atom. The van der Waals surface area contributed by atoms with Crippen LogP contribution in [-0.2, 0) is 16.0 Å². The minimum absolute atomic E-state index is 0.0216. The average molecular weight is 292 g/mol. The summed E-state index contributed by atoms with van der Waals surface area (Å²) in [6.07, 6.45) is 3.44. The van der Waals surface area contributed by atoms with E-state index in [9.17, 15) is 9.18 Å². The van der Waals surface area contributed by atoms with E-state index in [2.05, 4.69) is 5.32 Å². The summed E-state index contributed by atoms with van der Waals surface area (Å²) >= 11 is 0. The lowest BCUT2D eigenvalue weighted by molar-refractivity contribution is -0.120. The standard InChI is InChI=1S/C16H21FN2O2/c17-13-2-1-12-5-9-19(15(12)11-13)16(20)6-10-21-14-3-7-18-8-4-14/h1-2,11,14,18H,3-10H2. The van der Waals surface area contributed by atoms with Gasteiger partial charge in [-0.3, -0.25) is 4.79 Å². The monoisotopic (exact) mass is 292 g/mol. The second-order valence-electron chi connectivity index (χ2n) is 5.64. The molecule has 0 atom stereocenters. The molecule has 4 nitrogen and oxygen atoms in total. The first-order valence-corrected chi connectivity index (χ1v) is 7.65. The minimum atomic E-state index is -0.292. The highest BCUT2D eigenvalue weighted by molar-refractivity contribution is 5.95. The summed E-state index contributed by atoms with van der Waals surface area (Å²) in [6, 6.07) is 4.67. The number of rotatable bonds is 4. The Balaban J connectivity index is 1.51. The highest BCUT2D eigenvalue weighted by Crippen LogP contribution is 2.29. The Bertz CT molecular complexity index is 515. The highest BCUT2D eigenvalue weighted by atomic mass is 19.1. The molecule has 1 aromatic rings. The fourth-order valence-electron chi connectivity index (χ4n) is 3.02. The molecule has 114 valence electrons. The minimum Gasteiger partial charge on any atom is -0.378 e. The largest absolute Gasteiger partial charge is 0.378 e. The molecule has 2 aliphatic rings. The Labute approximate surface area is 124 Å². The predicted molar refractivity (Wildman–Crippen MR) is 78.9 cm³/mol. The molecular formula is C16H21FN2O2. The van der Waals surface area contributed by atoms with E-state index in [-0.39, 0.29) is 17.8 Å². The zero-order chi connectivity index (χ0) is 14.7. The molecule has 2 heterocycles. The topological polar surface area (TPSA) is 41.6 Å². The predicted octanol–water partition coefficient (Wildman–Crippen LogP) is 1.87. The third kappa shape index (κ3) is 3.41. The van der Waals surface area contributed by atoms with E-state index in [1.54, 1.807) is 11.0 Å². The summed E-state index contributed by atoms with van der Waals surface area (Å²) < 4.78 is 19.1. The van der Waals surface area contributed by atoms with Gasteiger partial charge in [0.1, 0.15) is 5.82 Å². The summed E-state index contributed by atoms with van der Waals surface area (Å²) in [7, 11) is 0. The number of fused-ring (bicyclic) bond motifs is 1.